The summed E-state index contributed by atoms with van der Waals surface area (Å²) in [7, 11) is 0. The van der Waals surface area contributed by atoms with Gasteiger partial charge in [0, 0.05) is 0 Å². The van der Waals surface area contributed by atoms with Gasteiger partial charge in [0.2, 0.25) is 0 Å². The topological polar surface area (TPSA) is 0 Å². The molecule has 2 aromatic carbocycles. The van der Waals surface area contributed by atoms with Crippen molar-refractivity contribution >= 4 is 0 Å². The minimum Gasteiger partial charge on any atom is -0.216 e. The van der Waals surface area contributed by atoms with Crippen molar-refractivity contribution in [1.29, 1.82) is 0 Å². The van der Waals surface area contributed by atoms with Gasteiger partial charge in [-0.2, -0.15) is 0 Å². The van der Waals surface area contributed by atoms with E-state index < -0.39 is 0 Å². The van der Waals surface area contributed by atoms with E-state index in [1.807, 2.05) is 0 Å². The first-order valence-electron chi connectivity index (χ1n) is 10.2. The third-order valence-corrected chi connectivity index (χ3v) is 5.89. The Balaban J connectivity index is 1.56. The van der Waals surface area contributed by atoms with Crippen LogP contribution in [0.25, 0.3) is 11.1 Å². The largest absolute Gasteiger partial charge is 0.216 e. The third kappa shape index (κ3) is 5.06. The highest BCUT2D eigenvalue weighted by atomic mass is 19.1. The quantitative estimate of drug-likeness (QED) is 0.477. The molecule has 0 N–H and O–H groups in total. The van der Waals surface area contributed by atoms with Gasteiger partial charge in [-0.3, -0.25) is 0 Å². The fourth-order valence-corrected chi connectivity index (χ4v) is 4.28. The van der Waals surface area contributed by atoms with E-state index in [0.29, 0.717) is 12.2 Å². The van der Waals surface area contributed by atoms with Crippen LogP contribution in [0.3, 0.4) is 0 Å². The molecule has 0 aromatic heterocycles. The van der Waals surface area contributed by atoms with E-state index in [1.54, 1.807) is 6.08 Å². The summed E-state index contributed by atoms with van der Waals surface area (Å²) in [5.41, 5.74) is 5.52. The van der Waals surface area contributed by atoms with Crippen molar-refractivity contribution in [2.75, 3.05) is 0 Å². The molecule has 0 aliphatic heterocycles. The third-order valence-electron chi connectivity index (χ3n) is 5.89. The van der Waals surface area contributed by atoms with Crippen molar-refractivity contribution in [2.45, 2.75) is 64.2 Å². The minimum atomic E-state index is 0.685. The second kappa shape index (κ2) is 9.71. The van der Waals surface area contributed by atoms with Crippen molar-refractivity contribution < 1.29 is 4.39 Å². The molecule has 2 aromatic rings. The summed E-state index contributed by atoms with van der Waals surface area (Å²) < 4.78 is 12.1. The molecule has 138 valence electrons. The van der Waals surface area contributed by atoms with Crippen molar-refractivity contribution in [3.05, 3.63) is 72.1 Å². The standard InChI is InChI=1S/C25H31F/c1-2-5-20-7-11-22(12-8-20)24-15-17-25(18-16-24)23-13-9-21(10-14-23)6-3-4-19-26/h4,7-8,11-12,15-19,21,23H,2-3,5-6,9-10,13-14H2,1H3/b19-4+/t21-,23-. The lowest BCUT2D eigenvalue weighted by Crippen LogP contribution is -2.13. The van der Waals surface area contributed by atoms with Gasteiger partial charge in [-0.15, -0.1) is 0 Å². The molecule has 0 saturated heterocycles. The van der Waals surface area contributed by atoms with E-state index in [9.17, 15) is 4.39 Å². The molecule has 0 nitrogen and oxygen atoms in total. The molecule has 1 aliphatic rings. The van der Waals surface area contributed by atoms with E-state index in [0.717, 1.165) is 25.2 Å². The Morgan fingerprint density at radius 1 is 0.885 bits per heavy atom. The smallest absolute Gasteiger partial charge is 0.0827 e. The van der Waals surface area contributed by atoms with E-state index in [-0.39, 0.29) is 0 Å². The number of hydrogen-bond donors (Lipinski definition) is 0. The summed E-state index contributed by atoms with van der Waals surface area (Å²) in [5, 5.41) is 0. The van der Waals surface area contributed by atoms with Crippen LogP contribution in [-0.2, 0) is 6.42 Å². The molecule has 0 bridgehead atoms. The number of allylic oxidation sites excluding steroid dienone is 1. The van der Waals surface area contributed by atoms with Gasteiger partial charge >= 0.3 is 0 Å². The van der Waals surface area contributed by atoms with Gasteiger partial charge in [0.25, 0.3) is 0 Å². The number of rotatable bonds is 7. The molecule has 0 unspecified atom stereocenters. The Kier molecular flexibility index (Phi) is 7.05. The molecule has 0 heterocycles. The lowest BCUT2D eigenvalue weighted by molar-refractivity contribution is 0.311. The van der Waals surface area contributed by atoms with Crippen LogP contribution >= 0.6 is 0 Å². The van der Waals surface area contributed by atoms with E-state index in [1.165, 1.54) is 54.4 Å². The van der Waals surface area contributed by atoms with Crippen LogP contribution in [0.15, 0.2) is 60.9 Å². The van der Waals surface area contributed by atoms with Gasteiger partial charge < -0.3 is 0 Å². The number of hydrogen-bond acceptors (Lipinski definition) is 0. The molecule has 1 aliphatic carbocycles. The number of halogens is 1. The summed E-state index contributed by atoms with van der Waals surface area (Å²) in [5.74, 6) is 1.48. The van der Waals surface area contributed by atoms with Crippen LogP contribution in [0.4, 0.5) is 4.39 Å². The lowest BCUT2D eigenvalue weighted by Gasteiger charge is -2.28. The van der Waals surface area contributed by atoms with Crippen LogP contribution in [0.2, 0.25) is 0 Å². The van der Waals surface area contributed by atoms with Gasteiger partial charge in [-0.1, -0.05) is 68.0 Å². The summed E-state index contributed by atoms with van der Waals surface area (Å²) in [6.07, 6.45) is 11.8. The molecule has 1 fully saturated rings. The van der Waals surface area contributed by atoms with Crippen molar-refractivity contribution in [1.82, 2.24) is 0 Å². The van der Waals surface area contributed by atoms with Gasteiger partial charge in [0.15, 0.2) is 0 Å². The molecule has 0 spiro atoms. The first-order chi connectivity index (χ1) is 12.8. The van der Waals surface area contributed by atoms with E-state index in [4.69, 9.17) is 0 Å². The highest BCUT2D eigenvalue weighted by Crippen LogP contribution is 2.38. The number of benzene rings is 2. The molecule has 1 heteroatoms. The summed E-state index contributed by atoms with van der Waals surface area (Å²) in [6, 6.07) is 18.2. The predicted octanol–water partition coefficient (Wildman–Crippen LogP) is 7.84. The Bertz CT molecular complexity index is 673. The van der Waals surface area contributed by atoms with Gasteiger partial charge in [-0.25, -0.2) is 4.39 Å². The summed E-state index contributed by atoms with van der Waals surface area (Å²) in [4.78, 5) is 0. The first-order valence-corrected chi connectivity index (χ1v) is 10.2. The Morgan fingerprint density at radius 2 is 1.50 bits per heavy atom. The molecule has 1 saturated carbocycles. The predicted molar refractivity (Wildman–Crippen MR) is 110 cm³/mol. The van der Waals surface area contributed by atoms with Crippen molar-refractivity contribution in [3.8, 4) is 11.1 Å². The first kappa shape index (κ1) is 18.9. The Labute approximate surface area is 158 Å². The zero-order chi connectivity index (χ0) is 18.2. The summed E-state index contributed by atoms with van der Waals surface area (Å²) in [6.45, 7) is 2.22. The van der Waals surface area contributed by atoms with Crippen LogP contribution in [0.5, 0.6) is 0 Å². The van der Waals surface area contributed by atoms with Crippen LogP contribution in [-0.4, -0.2) is 0 Å². The zero-order valence-corrected chi connectivity index (χ0v) is 16.0. The van der Waals surface area contributed by atoms with E-state index >= 15 is 0 Å². The van der Waals surface area contributed by atoms with E-state index in [2.05, 4.69) is 55.5 Å². The second-order valence-corrected chi connectivity index (χ2v) is 7.73. The molecular weight excluding hydrogens is 319 g/mol. The summed E-state index contributed by atoms with van der Waals surface area (Å²) >= 11 is 0. The van der Waals surface area contributed by atoms with Crippen molar-refractivity contribution in [2.24, 2.45) is 5.92 Å². The molecule has 3 rings (SSSR count). The Morgan fingerprint density at radius 3 is 2.08 bits per heavy atom. The highest BCUT2D eigenvalue weighted by molar-refractivity contribution is 5.64. The zero-order valence-electron chi connectivity index (χ0n) is 16.0. The second-order valence-electron chi connectivity index (χ2n) is 7.73. The number of aryl methyl sites for hydroxylation is 1. The normalized spacial score (nSPS) is 20.5. The fraction of sp³-hybridized carbons (Fsp3) is 0.440. The molecule has 0 atom stereocenters. The average molecular weight is 351 g/mol. The average Bonchev–Trinajstić information content (AvgIpc) is 2.70. The maximum Gasteiger partial charge on any atom is 0.0827 e. The van der Waals surface area contributed by atoms with Crippen LogP contribution in [0, 0.1) is 5.92 Å². The van der Waals surface area contributed by atoms with Crippen LogP contribution in [0.1, 0.15) is 68.9 Å². The van der Waals surface area contributed by atoms with Gasteiger partial charge in [0.1, 0.15) is 0 Å². The van der Waals surface area contributed by atoms with Crippen molar-refractivity contribution in [3.63, 3.8) is 0 Å². The molecule has 0 radical (unpaired) electrons. The van der Waals surface area contributed by atoms with Gasteiger partial charge in [-0.05, 0) is 79.0 Å². The van der Waals surface area contributed by atoms with Gasteiger partial charge in [0.05, 0.1) is 6.33 Å². The highest BCUT2D eigenvalue weighted by Gasteiger charge is 2.21. The SMILES string of the molecule is CCCc1ccc(-c2ccc([C@H]3CC[C@H](CC/C=C/F)CC3)cc2)cc1. The molecule has 0 amide bonds. The maximum absolute atomic E-state index is 12.1. The monoisotopic (exact) mass is 350 g/mol. The minimum absolute atomic E-state index is 0.685. The molecule has 26 heavy (non-hydrogen) atoms. The van der Waals surface area contributed by atoms with Crippen LogP contribution < -0.4 is 0 Å². The molecular formula is C25H31F. The maximum atomic E-state index is 12.1. The Hall–Kier alpha value is -1.89. The fourth-order valence-electron chi connectivity index (χ4n) is 4.28. The lowest BCUT2D eigenvalue weighted by atomic mass is 9.77.